The number of hydrogen-bond donors (Lipinski definition) is 0. The molecule has 4 atom stereocenters. The molecule has 2 fully saturated rings. The maximum Gasteiger partial charge on any atom is 0.226 e. The average molecular weight is 315 g/mol. The van der Waals surface area contributed by atoms with Crippen LogP contribution in [0.3, 0.4) is 0 Å². The van der Waals surface area contributed by atoms with Crippen LogP contribution in [-0.4, -0.2) is 36.1 Å². The van der Waals surface area contributed by atoms with Crippen LogP contribution in [0.5, 0.6) is 0 Å². The molecule has 23 heavy (non-hydrogen) atoms. The van der Waals surface area contributed by atoms with Crippen LogP contribution in [-0.2, 0) is 9.53 Å². The Morgan fingerprint density at radius 1 is 1.17 bits per heavy atom. The highest BCUT2D eigenvalue weighted by Crippen LogP contribution is 2.39. The Kier molecular flexibility index (Phi) is 5.05. The predicted octanol–water partition coefficient (Wildman–Crippen LogP) is 3.84. The van der Waals surface area contributed by atoms with Crippen LogP contribution in [0.15, 0.2) is 30.3 Å². The number of amides is 1. The first kappa shape index (κ1) is 16.5. The quantitative estimate of drug-likeness (QED) is 0.848. The Hall–Kier alpha value is -1.35. The van der Waals surface area contributed by atoms with E-state index in [-0.39, 0.29) is 12.0 Å². The van der Waals surface area contributed by atoms with E-state index in [9.17, 15) is 4.79 Å². The van der Waals surface area contributed by atoms with Crippen LogP contribution in [0, 0.1) is 11.8 Å². The van der Waals surface area contributed by atoms with E-state index < -0.39 is 0 Å². The van der Waals surface area contributed by atoms with Gasteiger partial charge in [0.15, 0.2) is 0 Å². The molecule has 0 spiro atoms. The summed E-state index contributed by atoms with van der Waals surface area (Å²) in [5.74, 6) is 1.39. The van der Waals surface area contributed by atoms with E-state index >= 15 is 0 Å². The van der Waals surface area contributed by atoms with Crippen molar-refractivity contribution in [3.8, 4) is 0 Å². The Morgan fingerprint density at radius 2 is 1.83 bits per heavy atom. The van der Waals surface area contributed by atoms with Crippen molar-refractivity contribution in [2.75, 3.05) is 13.2 Å². The molecule has 126 valence electrons. The second-order valence-electron chi connectivity index (χ2n) is 7.33. The number of carbonyl (C=O) groups excluding carboxylic acids is 1. The van der Waals surface area contributed by atoms with E-state index in [4.69, 9.17) is 4.74 Å². The molecule has 1 aromatic carbocycles. The molecule has 2 heterocycles. The molecule has 2 aliphatic rings. The summed E-state index contributed by atoms with van der Waals surface area (Å²) in [6.45, 7) is 8.15. The van der Waals surface area contributed by atoms with Gasteiger partial charge in [-0.1, -0.05) is 37.3 Å². The smallest absolute Gasteiger partial charge is 0.226 e. The summed E-state index contributed by atoms with van der Waals surface area (Å²) in [6.07, 6.45) is 3.11. The first-order valence-electron chi connectivity index (χ1n) is 9.04. The van der Waals surface area contributed by atoms with Crippen molar-refractivity contribution >= 4 is 5.91 Å². The highest BCUT2D eigenvalue weighted by atomic mass is 16.5. The fourth-order valence-corrected chi connectivity index (χ4v) is 4.46. The molecule has 0 aliphatic carbocycles. The highest BCUT2D eigenvalue weighted by Gasteiger charge is 2.42. The summed E-state index contributed by atoms with van der Waals surface area (Å²) in [6, 6.07) is 11.3. The molecule has 0 N–H and O–H groups in total. The maximum absolute atomic E-state index is 13.1. The van der Waals surface area contributed by atoms with Crippen LogP contribution in [0.1, 0.15) is 51.5 Å². The monoisotopic (exact) mass is 315 g/mol. The first-order chi connectivity index (χ1) is 11.1. The van der Waals surface area contributed by atoms with Crippen molar-refractivity contribution in [2.45, 2.75) is 58.0 Å². The third-order valence-corrected chi connectivity index (χ3v) is 5.94. The third-order valence-electron chi connectivity index (χ3n) is 5.94. The predicted molar refractivity (Wildman–Crippen MR) is 92.3 cm³/mol. The molecule has 0 aromatic heterocycles. The topological polar surface area (TPSA) is 29.5 Å². The van der Waals surface area contributed by atoms with Crippen LogP contribution >= 0.6 is 0 Å². The Balaban J connectivity index is 1.72. The molecule has 3 rings (SSSR count). The lowest BCUT2D eigenvalue weighted by Gasteiger charge is -2.34. The Labute approximate surface area is 140 Å². The fourth-order valence-electron chi connectivity index (χ4n) is 4.46. The van der Waals surface area contributed by atoms with Crippen LogP contribution in [0.2, 0.25) is 0 Å². The largest absolute Gasteiger partial charge is 0.381 e. The lowest BCUT2D eigenvalue weighted by molar-refractivity contribution is -0.140. The molecular formula is C20H29NO2. The lowest BCUT2D eigenvalue weighted by atomic mass is 9.86. The van der Waals surface area contributed by atoms with Gasteiger partial charge in [0.25, 0.3) is 0 Å². The van der Waals surface area contributed by atoms with Crippen LogP contribution < -0.4 is 0 Å². The van der Waals surface area contributed by atoms with Crippen molar-refractivity contribution in [1.82, 2.24) is 4.90 Å². The van der Waals surface area contributed by atoms with Gasteiger partial charge in [-0.2, -0.15) is 0 Å². The summed E-state index contributed by atoms with van der Waals surface area (Å²) in [5, 5.41) is 0. The summed E-state index contributed by atoms with van der Waals surface area (Å²) in [4.78, 5) is 15.3. The van der Waals surface area contributed by atoms with Crippen LogP contribution in [0.4, 0.5) is 0 Å². The zero-order valence-electron chi connectivity index (χ0n) is 14.6. The summed E-state index contributed by atoms with van der Waals surface area (Å²) in [7, 11) is 0. The van der Waals surface area contributed by atoms with E-state index in [2.05, 4.69) is 56.0 Å². The number of rotatable bonds is 3. The zero-order chi connectivity index (χ0) is 16.4. The number of hydrogen-bond acceptors (Lipinski definition) is 2. The van der Waals surface area contributed by atoms with Crippen molar-refractivity contribution in [1.29, 1.82) is 0 Å². The normalized spacial score (nSPS) is 30.4. The fraction of sp³-hybridized carbons (Fsp3) is 0.650. The highest BCUT2D eigenvalue weighted by molar-refractivity contribution is 5.80. The number of benzene rings is 1. The minimum Gasteiger partial charge on any atom is -0.381 e. The minimum atomic E-state index is 0.110. The molecule has 0 saturated carbocycles. The number of nitrogens with zero attached hydrogens (tertiary/aromatic N) is 1. The third kappa shape index (κ3) is 3.30. The summed E-state index contributed by atoms with van der Waals surface area (Å²) in [5.41, 5.74) is 1.36. The maximum atomic E-state index is 13.1. The van der Waals surface area contributed by atoms with Crippen molar-refractivity contribution in [3.63, 3.8) is 0 Å². The molecule has 0 radical (unpaired) electrons. The van der Waals surface area contributed by atoms with Gasteiger partial charge in [0, 0.05) is 37.1 Å². The van der Waals surface area contributed by atoms with E-state index in [1.807, 2.05) is 0 Å². The van der Waals surface area contributed by atoms with E-state index in [1.165, 1.54) is 5.56 Å². The van der Waals surface area contributed by atoms with E-state index in [0.29, 0.717) is 23.8 Å². The first-order valence-corrected chi connectivity index (χ1v) is 9.04. The SMILES string of the molecule is CC(C(=O)N1C(C)CC(c2ccccc2)C1C)C1CCOCC1. The molecule has 3 nitrogen and oxygen atoms in total. The van der Waals surface area contributed by atoms with E-state index in [0.717, 1.165) is 32.5 Å². The molecular weight excluding hydrogens is 286 g/mol. The molecule has 4 unspecified atom stereocenters. The van der Waals surface area contributed by atoms with Gasteiger partial charge in [-0.25, -0.2) is 0 Å². The number of carbonyl (C=O) groups is 1. The van der Waals surface area contributed by atoms with Crippen molar-refractivity contribution in [2.24, 2.45) is 11.8 Å². The Morgan fingerprint density at radius 3 is 2.48 bits per heavy atom. The second kappa shape index (κ2) is 7.04. The van der Waals surface area contributed by atoms with Gasteiger partial charge >= 0.3 is 0 Å². The number of ether oxygens (including phenoxy) is 1. The molecule has 1 aromatic rings. The van der Waals surface area contributed by atoms with Gasteiger partial charge < -0.3 is 9.64 Å². The van der Waals surface area contributed by atoms with E-state index in [1.54, 1.807) is 0 Å². The number of likely N-dealkylation sites (tertiary alicyclic amines) is 1. The van der Waals surface area contributed by atoms with Gasteiger partial charge in [-0.15, -0.1) is 0 Å². The van der Waals surface area contributed by atoms with Gasteiger partial charge in [0.05, 0.1) is 0 Å². The molecule has 2 saturated heterocycles. The molecule has 0 bridgehead atoms. The van der Waals surface area contributed by atoms with Crippen molar-refractivity contribution in [3.05, 3.63) is 35.9 Å². The summed E-state index contributed by atoms with van der Waals surface area (Å²) < 4.78 is 5.45. The lowest BCUT2D eigenvalue weighted by Crippen LogP contribution is -2.44. The summed E-state index contributed by atoms with van der Waals surface area (Å²) >= 11 is 0. The van der Waals surface area contributed by atoms with Gasteiger partial charge in [0.2, 0.25) is 5.91 Å². The molecule has 1 amide bonds. The van der Waals surface area contributed by atoms with Gasteiger partial charge in [-0.05, 0) is 44.6 Å². The molecule has 3 heteroatoms. The standard InChI is InChI=1S/C20H29NO2/c1-14-13-19(18-7-5-4-6-8-18)16(3)21(14)20(22)15(2)17-9-11-23-12-10-17/h4-8,14-17,19H,9-13H2,1-3H3. The van der Waals surface area contributed by atoms with Gasteiger partial charge in [0.1, 0.15) is 0 Å². The Bertz CT molecular complexity index is 524. The van der Waals surface area contributed by atoms with Crippen molar-refractivity contribution < 1.29 is 9.53 Å². The minimum absolute atomic E-state index is 0.110. The van der Waals surface area contributed by atoms with Crippen LogP contribution in [0.25, 0.3) is 0 Å². The second-order valence-corrected chi connectivity index (χ2v) is 7.33. The molecule has 2 aliphatic heterocycles. The average Bonchev–Trinajstić information content (AvgIpc) is 2.89. The zero-order valence-corrected chi connectivity index (χ0v) is 14.6. The van der Waals surface area contributed by atoms with Gasteiger partial charge in [-0.3, -0.25) is 4.79 Å².